The number of β-lactam (4-membered cyclic amide) rings is 1. The molecule has 1 amide bonds. The summed E-state index contributed by atoms with van der Waals surface area (Å²) in [4.78, 5) is 29.9. The molecule has 0 bridgehead atoms. The Labute approximate surface area is 150 Å². The van der Waals surface area contributed by atoms with Gasteiger partial charge in [-0.15, -0.1) is 23.1 Å². The van der Waals surface area contributed by atoms with Crippen molar-refractivity contribution < 1.29 is 14.7 Å². The number of carboxylic acid groups (broad SMARTS) is 1. The van der Waals surface area contributed by atoms with Gasteiger partial charge in [0.2, 0.25) is 5.91 Å². The van der Waals surface area contributed by atoms with Gasteiger partial charge in [0.25, 0.3) is 0 Å². The van der Waals surface area contributed by atoms with Crippen molar-refractivity contribution in [2.24, 2.45) is 11.1 Å². The van der Waals surface area contributed by atoms with Gasteiger partial charge >= 0.3 is 5.97 Å². The predicted octanol–water partition coefficient (Wildman–Crippen LogP) is 1.70. The largest absolute Gasteiger partial charge is 0.481 e. The van der Waals surface area contributed by atoms with Crippen LogP contribution in [0.2, 0.25) is 0 Å². The summed E-state index contributed by atoms with van der Waals surface area (Å²) in [5.74, 6) is -0.165. The summed E-state index contributed by atoms with van der Waals surface area (Å²) >= 11 is 4.49. The van der Waals surface area contributed by atoms with Gasteiger partial charge in [0.15, 0.2) is 4.34 Å². The molecule has 2 saturated heterocycles. The molecule has 3 atom stereocenters. The number of aliphatic carboxylic acids is 1. The number of hydrogen-bond donors (Lipinski definition) is 2. The first kappa shape index (κ1) is 16.2. The number of thiazole rings is 1. The number of carboxylic acids is 1. The summed E-state index contributed by atoms with van der Waals surface area (Å²) in [5.41, 5.74) is 5.74. The highest BCUT2D eigenvalue weighted by atomic mass is 32.2. The molecule has 9 heteroatoms. The van der Waals surface area contributed by atoms with Gasteiger partial charge in [-0.3, -0.25) is 9.59 Å². The molecular formula is C15H15N3O3S3. The number of aromatic nitrogens is 1. The normalized spacial score (nSPS) is 29.4. The first-order valence-electron chi connectivity index (χ1n) is 7.40. The lowest BCUT2D eigenvalue weighted by Crippen LogP contribution is -2.72. The first-order valence-corrected chi connectivity index (χ1v) is 10.2. The topological polar surface area (TPSA) is 96.5 Å². The Balaban J connectivity index is 1.52. The molecule has 2 fully saturated rings. The molecule has 24 heavy (non-hydrogen) atoms. The highest BCUT2D eigenvalue weighted by molar-refractivity contribution is 8.01. The summed E-state index contributed by atoms with van der Waals surface area (Å²) in [5, 5.41) is 9.70. The average molecular weight is 382 g/mol. The molecule has 0 aliphatic carbocycles. The monoisotopic (exact) mass is 381 g/mol. The Kier molecular flexibility index (Phi) is 3.98. The van der Waals surface area contributed by atoms with E-state index in [1.807, 2.05) is 24.3 Å². The van der Waals surface area contributed by atoms with Crippen LogP contribution in [-0.4, -0.2) is 56.3 Å². The molecule has 0 spiro atoms. The van der Waals surface area contributed by atoms with Crippen LogP contribution in [0, 0.1) is 5.41 Å². The van der Waals surface area contributed by atoms with E-state index in [1.165, 1.54) is 23.5 Å². The SMILES string of the molecule is NC1C(=O)N2CC(CSc3nc4ccccc4s3)(C(=O)O)CS[C@H]12. The first-order chi connectivity index (χ1) is 11.5. The molecule has 126 valence electrons. The fourth-order valence-corrected chi connectivity index (χ4v) is 6.80. The Morgan fingerprint density at radius 3 is 3.04 bits per heavy atom. The molecule has 2 aliphatic rings. The molecule has 6 nitrogen and oxygen atoms in total. The standard InChI is InChI=1S/C15H15N3O3S3/c16-10-11(19)18-5-15(13(20)21,6-22-12(10)18)7-23-14-17-8-3-1-2-4-9(8)24-14/h1-4,10,12H,5-7,16H2,(H,20,21)/t10?,12-,15?/m1/s1. The van der Waals surface area contributed by atoms with Crippen molar-refractivity contribution in [3.8, 4) is 0 Å². The smallest absolute Gasteiger partial charge is 0.313 e. The third-order valence-electron chi connectivity index (χ3n) is 4.39. The van der Waals surface area contributed by atoms with E-state index < -0.39 is 17.4 Å². The van der Waals surface area contributed by atoms with Crippen molar-refractivity contribution in [3.05, 3.63) is 24.3 Å². The van der Waals surface area contributed by atoms with Crippen LogP contribution in [0.15, 0.2) is 28.6 Å². The molecule has 0 saturated carbocycles. The third kappa shape index (κ3) is 2.50. The quantitative estimate of drug-likeness (QED) is 0.615. The number of carbonyl (C=O) groups is 2. The van der Waals surface area contributed by atoms with Crippen molar-refractivity contribution in [1.82, 2.24) is 9.88 Å². The number of fused-ring (bicyclic) bond motifs is 2. The van der Waals surface area contributed by atoms with E-state index in [1.54, 1.807) is 16.2 Å². The van der Waals surface area contributed by atoms with Crippen LogP contribution < -0.4 is 5.73 Å². The average Bonchev–Trinajstić information content (AvgIpc) is 3.01. The highest BCUT2D eigenvalue weighted by Crippen LogP contribution is 2.44. The van der Waals surface area contributed by atoms with Gasteiger partial charge in [-0.1, -0.05) is 23.9 Å². The summed E-state index contributed by atoms with van der Waals surface area (Å²) in [6.07, 6.45) is 0. The van der Waals surface area contributed by atoms with Crippen molar-refractivity contribution in [2.45, 2.75) is 15.8 Å². The number of amides is 1. The van der Waals surface area contributed by atoms with Crippen molar-refractivity contribution in [3.63, 3.8) is 0 Å². The predicted molar refractivity (Wildman–Crippen MR) is 96.3 cm³/mol. The van der Waals surface area contributed by atoms with Gasteiger partial charge < -0.3 is 15.7 Å². The molecule has 4 rings (SSSR count). The maximum atomic E-state index is 11.9. The minimum absolute atomic E-state index is 0.0718. The molecule has 1 aromatic heterocycles. The van der Waals surface area contributed by atoms with Gasteiger partial charge in [-0.25, -0.2) is 4.98 Å². The van der Waals surface area contributed by atoms with E-state index in [2.05, 4.69) is 4.98 Å². The number of carbonyl (C=O) groups excluding carboxylic acids is 1. The summed E-state index contributed by atoms with van der Waals surface area (Å²) < 4.78 is 1.95. The molecule has 2 unspecified atom stereocenters. The van der Waals surface area contributed by atoms with Gasteiger partial charge in [0.05, 0.1) is 10.2 Å². The van der Waals surface area contributed by atoms with Gasteiger partial charge in [-0.05, 0) is 12.1 Å². The lowest BCUT2D eigenvalue weighted by atomic mass is 9.89. The summed E-state index contributed by atoms with van der Waals surface area (Å²) in [6, 6.07) is 7.37. The number of nitrogens with zero attached hydrogens (tertiary/aromatic N) is 2. The van der Waals surface area contributed by atoms with E-state index in [0.29, 0.717) is 11.5 Å². The van der Waals surface area contributed by atoms with E-state index in [0.717, 1.165) is 14.6 Å². The second-order valence-corrected chi connectivity index (χ2v) is 9.37. The molecule has 2 aromatic rings. The Hall–Kier alpha value is -1.29. The molecule has 3 heterocycles. The fourth-order valence-electron chi connectivity index (χ4n) is 2.92. The number of nitrogens with two attached hydrogens (primary N) is 1. The zero-order valence-electron chi connectivity index (χ0n) is 12.5. The third-order valence-corrected chi connectivity index (χ3v) is 8.46. The number of benzene rings is 1. The second kappa shape index (κ2) is 5.91. The Bertz CT molecular complexity index is 793. The van der Waals surface area contributed by atoms with Crippen LogP contribution in [0.25, 0.3) is 10.2 Å². The highest BCUT2D eigenvalue weighted by Gasteiger charge is 2.55. The molecule has 1 aromatic carbocycles. The molecule has 2 aliphatic heterocycles. The summed E-state index contributed by atoms with van der Waals surface area (Å²) in [6.45, 7) is 0.227. The number of hydrogen-bond acceptors (Lipinski definition) is 7. The van der Waals surface area contributed by atoms with Crippen LogP contribution in [0.5, 0.6) is 0 Å². The molecule has 0 radical (unpaired) electrons. The minimum Gasteiger partial charge on any atom is -0.481 e. The maximum Gasteiger partial charge on any atom is 0.313 e. The van der Waals surface area contributed by atoms with E-state index in [4.69, 9.17) is 5.73 Å². The molecule has 3 N–H and O–H groups in total. The van der Waals surface area contributed by atoms with Crippen LogP contribution >= 0.6 is 34.9 Å². The van der Waals surface area contributed by atoms with Crippen molar-refractivity contribution in [2.75, 3.05) is 18.1 Å². The minimum atomic E-state index is -0.959. The van der Waals surface area contributed by atoms with Crippen molar-refractivity contribution in [1.29, 1.82) is 0 Å². The van der Waals surface area contributed by atoms with Crippen molar-refractivity contribution >= 4 is 57.0 Å². The van der Waals surface area contributed by atoms with Gasteiger partial charge in [0, 0.05) is 18.1 Å². The zero-order chi connectivity index (χ0) is 16.9. The van der Waals surface area contributed by atoms with Crippen LogP contribution in [0.3, 0.4) is 0 Å². The fraction of sp³-hybridized carbons (Fsp3) is 0.400. The maximum absolute atomic E-state index is 11.9. The lowest BCUT2D eigenvalue weighted by molar-refractivity contribution is -0.155. The Morgan fingerprint density at radius 2 is 2.29 bits per heavy atom. The van der Waals surface area contributed by atoms with E-state index >= 15 is 0 Å². The van der Waals surface area contributed by atoms with Crippen LogP contribution in [0.1, 0.15) is 0 Å². The van der Waals surface area contributed by atoms with E-state index in [-0.39, 0.29) is 17.8 Å². The summed E-state index contributed by atoms with van der Waals surface area (Å²) in [7, 11) is 0. The van der Waals surface area contributed by atoms with E-state index in [9.17, 15) is 14.7 Å². The van der Waals surface area contributed by atoms with Gasteiger partial charge in [-0.2, -0.15) is 0 Å². The van der Waals surface area contributed by atoms with Crippen LogP contribution in [0.4, 0.5) is 0 Å². The number of thioether (sulfide) groups is 2. The number of rotatable bonds is 4. The zero-order valence-corrected chi connectivity index (χ0v) is 15.0. The lowest BCUT2D eigenvalue weighted by Gasteiger charge is -2.52. The second-order valence-electron chi connectivity index (χ2n) is 6.02. The van der Waals surface area contributed by atoms with Crippen LogP contribution in [-0.2, 0) is 9.59 Å². The Morgan fingerprint density at radius 1 is 1.50 bits per heavy atom. The number of para-hydroxylation sites is 1. The van der Waals surface area contributed by atoms with Gasteiger partial charge in [0.1, 0.15) is 16.8 Å². The molecular weight excluding hydrogens is 366 g/mol.